The van der Waals surface area contributed by atoms with Gasteiger partial charge in [0.05, 0.1) is 0 Å². The average molecular weight is 457 g/mol. The van der Waals surface area contributed by atoms with E-state index in [1.165, 1.54) is 5.56 Å². The molecular weight excluding hydrogens is 429 g/mol. The average Bonchev–Trinajstić information content (AvgIpc) is 3.03. The van der Waals surface area contributed by atoms with E-state index in [0.29, 0.717) is 18.3 Å². The Labute approximate surface area is 166 Å². The molecule has 0 radical (unpaired) electrons. The third-order valence-electron chi connectivity index (χ3n) is 3.38. The second kappa shape index (κ2) is 10.4. The lowest BCUT2D eigenvalue weighted by Gasteiger charge is -2.11. The molecule has 0 atom stereocenters. The van der Waals surface area contributed by atoms with Crippen molar-refractivity contribution in [3.63, 3.8) is 0 Å². The maximum Gasteiger partial charge on any atom is 0.232 e. The number of aliphatic imine (C=N–C) groups is 1. The zero-order valence-electron chi connectivity index (χ0n) is 15.4. The van der Waals surface area contributed by atoms with Crippen LogP contribution in [0.25, 0.3) is 0 Å². The Morgan fingerprint density at radius 2 is 1.88 bits per heavy atom. The summed E-state index contributed by atoms with van der Waals surface area (Å²) in [7, 11) is 0. The zero-order chi connectivity index (χ0) is 17.4. The van der Waals surface area contributed by atoms with Crippen molar-refractivity contribution >= 4 is 29.9 Å². The van der Waals surface area contributed by atoms with Crippen molar-refractivity contribution in [2.24, 2.45) is 4.99 Å². The predicted octanol–water partition coefficient (Wildman–Crippen LogP) is 3.28. The molecular formula is C18H28IN5O. The van der Waals surface area contributed by atoms with Crippen molar-refractivity contribution in [1.82, 2.24) is 20.8 Å². The number of guanidine groups is 1. The lowest BCUT2D eigenvalue weighted by molar-refractivity contribution is 0.318. The van der Waals surface area contributed by atoms with Gasteiger partial charge in [0.15, 0.2) is 11.8 Å². The third-order valence-corrected chi connectivity index (χ3v) is 3.38. The van der Waals surface area contributed by atoms with Crippen molar-refractivity contribution in [3.05, 3.63) is 47.6 Å². The standard InChI is InChI=1S/C18H27N5O.HI/c1-5-19-17(20-12-11-14-9-7-6-8-10-14)21-13-15-22-16(24-23-15)18(2,3)4;/h6-10H,5,11-13H2,1-4H3,(H2,19,20,21);1H. The molecule has 6 nitrogen and oxygen atoms in total. The molecule has 0 spiro atoms. The summed E-state index contributed by atoms with van der Waals surface area (Å²) in [5, 5.41) is 10.6. The molecule has 0 amide bonds. The molecule has 0 aliphatic rings. The van der Waals surface area contributed by atoms with Crippen LogP contribution in [0.5, 0.6) is 0 Å². The molecule has 0 aliphatic carbocycles. The van der Waals surface area contributed by atoms with Gasteiger partial charge in [0, 0.05) is 18.5 Å². The number of nitrogens with zero attached hydrogens (tertiary/aromatic N) is 3. The summed E-state index contributed by atoms with van der Waals surface area (Å²) in [5.74, 6) is 1.99. The highest BCUT2D eigenvalue weighted by Gasteiger charge is 2.21. The van der Waals surface area contributed by atoms with E-state index in [1.807, 2.05) is 33.8 Å². The molecule has 0 fully saturated rings. The van der Waals surface area contributed by atoms with E-state index in [9.17, 15) is 0 Å². The largest absolute Gasteiger partial charge is 0.357 e. The number of nitrogens with one attached hydrogen (secondary N) is 2. The van der Waals surface area contributed by atoms with Crippen molar-refractivity contribution in [2.45, 2.75) is 46.1 Å². The maximum atomic E-state index is 5.29. The molecule has 0 saturated carbocycles. The molecule has 2 aromatic rings. The Kier molecular flexibility index (Phi) is 8.88. The minimum atomic E-state index is -0.145. The van der Waals surface area contributed by atoms with Crippen molar-refractivity contribution in [2.75, 3.05) is 13.1 Å². The van der Waals surface area contributed by atoms with E-state index in [4.69, 9.17) is 4.52 Å². The lowest BCUT2D eigenvalue weighted by Crippen LogP contribution is -2.38. The molecule has 0 unspecified atom stereocenters. The second-order valence-electron chi connectivity index (χ2n) is 6.62. The highest BCUT2D eigenvalue weighted by molar-refractivity contribution is 14.0. The quantitative estimate of drug-likeness (QED) is 0.396. The van der Waals surface area contributed by atoms with Crippen LogP contribution in [-0.2, 0) is 18.4 Å². The molecule has 25 heavy (non-hydrogen) atoms. The number of aromatic nitrogens is 2. The molecule has 1 aromatic carbocycles. The highest BCUT2D eigenvalue weighted by atomic mass is 127. The fraction of sp³-hybridized carbons (Fsp3) is 0.500. The van der Waals surface area contributed by atoms with Crippen LogP contribution in [0, 0.1) is 0 Å². The number of hydrogen-bond acceptors (Lipinski definition) is 4. The maximum absolute atomic E-state index is 5.29. The Morgan fingerprint density at radius 1 is 1.16 bits per heavy atom. The Morgan fingerprint density at radius 3 is 2.48 bits per heavy atom. The van der Waals surface area contributed by atoms with Gasteiger partial charge in [0.1, 0.15) is 6.54 Å². The summed E-state index contributed by atoms with van der Waals surface area (Å²) in [6, 6.07) is 10.4. The number of hydrogen-bond donors (Lipinski definition) is 2. The van der Waals surface area contributed by atoms with E-state index in [2.05, 4.69) is 50.0 Å². The topological polar surface area (TPSA) is 75.3 Å². The lowest BCUT2D eigenvalue weighted by atomic mass is 9.97. The SMILES string of the molecule is CCNC(=NCc1noc(C(C)(C)C)n1)NCCc1ccccc1.I. The first kappa shape index (κ1) is 21.4. The van der Waals surface area contributed by atoms with Gasteiger partial charge in [-0.1, -0.05) is 56.3 Å². The summed E-state index contributed by atoms with van der Waals surface area (Å²) in [6.07, 6.45) is 0.946. The van der Waals surface area contributed by atoms with E-state index in [1.54, 1.807) is 0 Å². The highest BCUT2D eigenvalue weighted by Crippen LogP contribution is 2.19. The van der Waals surface area contributed by atoms with E-state index < -0.39 is 0 Å². The molecule has 2 N–H and O–H groups in total. The van der Waals surface area contributed by atoms with Crippen LogP contribution >= 0.6 is 24.0 Å². The third kappa shape index (κ3) is 7.41. The Hall–Kier alpha value is -1.64. The molecule has 0 bridgehead atoms. The van der Waals surface area contributed by atoms with Gasteiger partial charge in [-0.05, 0) is 18.9 Å². The fourth-order valence-electron chi connectivity index (χ4n) is 2.08. The van der Waals surface area contributed by atoms with Gasteiger partial charge in [-0.15, -0.1) is 24.0 Å². The first-order valence-corrected chi connectivity index (χ1v) is 8.38. The van der Waals surface area contributed by atoms with Crippen LogP contribution < -0.4 is 10.6 Å². The van der Waals surface area contributed by atoms with Crippen LogP contribution in [-0.4, -0.2) is 29.2 Å². The predicted molar refractivity (Wildman–Crippen MR) is 111 cm³/mol. The van der Waals surface area contributed by atoms with Crippen LogP contribution in [0.3, 0.4) is 0 Å². The smallest absolute Gasteiger partial charge is 0.232 e. The number of rotatable bonds is 6. The van der Waals surface area contributed by atoms with Crippen LogP contribution in [0.2, 0.25) is 0 Å². The molecule has 1 aromatic heterocycles. The summed E-state index contributed by atoms with van der Waals surface area (Å²) >= 11 is 0. The molecule has 0 aliphatic heterocycles. The van der Waals surface area contributed by atoms with Crippen LogP contribution in [0.1, 0.15) is 45.0 Å². The second-order valence-corrected chi connectivity index (χ2v) is 6.62. The first-order chi connectivity index (χ1) is 11.5. The van der Waals surface area contributed by atoms with Crippen molar-refractivity contribution in [1.29, 1.82) is 0 Å². The van der Waals surface area contributed by atoms with E-state index in [0.717, 1.165) is 25.5 Å². The molecule has 0 saturated heterocycles. The van der Waals surface area contributed by atoms with E-state index in [-0.39, 0.29) is 29.4 Å². The molecule has 7 heteroatoms. The molecule has 1 heterocycles. The summed E-state index contributed by atoms with van der Waals surface area (Å²) < 4.78 is 5.29. The van der Waals surface area contributed by atoms with Gasteiger partial charge in [0.25, 0.3) is 0 Å². The Bertz CT molecular complexity index is 649. The number of benzene rings is 1. The monoisotopic (exact) mass is 457 g/mol. The van der Waals surface area contributed by atoms with Crippen LogP contribution in [0.15, 0.2) is 39.8 Å². The first-order valence-electron chi connectivity index (χ1n) is 8.38. The zero-order valence-corrected chi connectivity index (χ0v) is 17.7. The van der Waals surface area contributed by atoms with Crippen molar-refractivity contribution < 1.29 is 4.52 Å². The van der Waals surface area contributed by atoms with Gasteiger partial charge in [-0.25, -0.2) is 4.99 Å². The summed E-state index contributed by atoms with van der Waals surface area (Å²) in [6.45, 7) is 10.2. The summed E-state index contributed by atoms with van der Waals surface area (Å²) in [4.78, 5) is 8.92. The van der Waals surface area contributed by atoms with Crippen LogP contribution in [0.4, 0.5) is 0 Å². The summed E-state index contributed by atoms with van der Waals surface area (Å²) in [5.41, 5.74) is 1.15. The van der Waals surface area contributed by atoms with E-state index >= 15 is 0 Å². The van der Waals surface area contributed by atoms with Crippen molar-refractivity contribution in [3.8, 4) is 0 Å². The van der Waals surface area contributed by atoms with Gasteiger partial charge >= 0.3 is 0 Å². The minimum absolute atomic E-state index is 0. The number of halogens is 1. The normalized spacial score (nSPS) is 11.8. The fourth-order valence-corrected chi connectivity index (χ4v) is 2.08. The van der Waals surface area contributed by atoms with Gasteiger partial charge in [-0.2, -0.15) is 4.98 Å². The molecule has 2 rings (SSSR count). The minimum Gasteiger partial charge on any atom is -0.357 e. The molecule has 138 valence electrons. The van der Waals surface area contributed by atoms with Gasteiger partial charge < -0.3 is 15.2 Å². The van der Waals surface area contributed by atoms with Gasteiger partial charge in [0.2, 0.25) is 5.89 Å². The van der Waals surface area contributed by atoms with Gasteiger partial charge in [-0.3, -0.25) is 0 Å². The Balaban J connectivity index is 0.00000312.